The van der Waals surface area contributed by atoms with Gasteiger partial charge in [-0.15, -0.1) is 0 Å². The molecule has 22 heavy (non-hydrogen) atoms. The number of hydrogen-bond acceptors (Lipinski definition) is 2. The zero-order valence-electron chi connectivity index (χ0n) is 11.4. The highest BCUT2D eigenvalue weighted by Gasteiger charge is 2.34. The largest absolute Gasteiger partial charge is 0.304 e. The first kappa shape index (κ1) is 15.9. The van der Waals surface area contributed by atoms with E-state index in [1.54, 1.807) is 4.90 Å². The summed E-state index contributed by atoms with van der Waals surface area (Å²) in [6.07, 6.45) is 0.772. The second kappa shape index (κ2) is 5.89. The SMILES string of the molecule is CC1Cc2ccccc2N1C(=O)c1nc(Cl)c(Cl)c(Cl)c1Cl. The Labute approximate surface area is 147 Å². The van der Waals surface area contributed by atoms with E-state index in [1.165, 1.54) is 0 Å². The third-order valence-corrected chi connectivity index (χ3v) is 5.29. The third-order valence-electron chi connectivity index (χ3n) is 3.61. The van der Waals surface area contributed by atoms with Crippen LogP contribution in [0.1, 0.15) is 23.0 Å². The molecule has 3 nitrogen and oxygen atoms in total. The molecule has 0 saturated carbocycles. The molecule has 2 heterocycles. The van der Waals surface area contributed by atoms with Crippen molar-refractivity contribution in [2.45, 2.75) is 19.4 Å². The van der Waals surface area contributed by atoms with Crippen molar-refractivity contribution in [3.63, 3.8) is 0 Å². The van der Waals surface area contributed by atoms with E-state index in [1.807, 2.05) is 31.2 Å². The molecular formula is C15H10Cl4N2O. The van der Waals surface area contributed by atoms with Crippen molar-refractivity contribution in [2.75, 3.05) is 4.90 Å². The van der Waals surface area contributed by atoms with Crippen LogP contribution in [0.5, 0.6) is 0 Å². The Balaban J connectivity index is 2.09. The quantitative estimate of drug-likeness (QED) is 0.634. The van der Waals surface area contributed by atoms with Gasteiger partial charge in [0.25, 0.3) is 5.91 Å². The number of amides is 1. The zero-order chi connectivity index (χ0) is 16.0. The maximum Gasteiger partial charge on any atom is 0.278 e. The third kappa shape index (κ3) is 2.46. The minimum atomic E-state index is -0.345. The molecule has 0 aliphatic carbocycles. The molecule has 0 radical (unpaired) electrons. The zero-order valence-corrected chi connectivity index (χ0v) is 14.4. The van der Waals surface area contributed by atoms with Crippen molar-refractivity contribution in [2.24, 2.45) is 0 Å². The van der Waals surface area contributed by atoms with Crippen LogP contribution in [0, 0.1) is 0 Å². The van der Waals surface area contributed by atoms with Gasteiger partial charge in [0.2, 0.25) is 0 Å². The lowest BCUT2D eigenvalue weighted by Gasteiger charge is -2.23. The van der Waals surface area contributed by atoms with Crippen LogP contribution in [-0.4, -0.2) is 16.9 Å². The Morgan fingerprint density at radius 1 is 1.14 bits per heavy atom. The van der Waals surface area contributed by atoms with Gasteiger partial charge in [-0.25, -0.2) is 4.98 Å². The number of para-hydroxylation sites is 1. The first-order valence-electron chi connectivity index (χ1n) is 6.53. The van der Waals surface area contributed by atoms with Gasteiger partial charge in [-0.05, 0) is 25.0 Å². The summed E-state index contributed by atoms with van der Waals surface area (Å²) in [5.41, 5.74) is 1.95. The summed E-state index contributed by atoms with van der Waals surface area (Å²) in [5.74, 6) is -0.345. The maximum absolute atomic E-state index is 12.9. The summed E-state index contributed by atoms with van der Waals surface area (Å²) >= 11 is 24.0. The maximum atomic E-state index is 12.9. The van der Waals surface area contributed by atoms with Crippen LogP contribution in [0.15, 0.2) is 24.3 Å². The van der Waals surface area contributed by atoms with Crippen LogP contribution in [-0.2, 0) is 6.42 Å². The lowest BCUT2D eigenvalue weighted by atomic mass is 10.1. The Morgan fingerprint density at radius 2 is 1.82 bits per heavy atom. The number of nitrogens with zero attached hydrogens (tertiary/aromatic N) is 2. The molecule has 1 amide bonds. The molecule has 0 bridgehead atoms. The molecular weight excluding hydrogens is 366 g/mol. The normalized spacial score (nSPS) is 16.8. The lowest BCUT2D eigenvalue weighted by Crippen LogP contribution is -2.36. The van der Waals surface area contributed by atoms with Gasteiger partial charge in [-0.1, -0.05) is 64.6 Å². The number of fused-ring (bicyclic) bond motifs is 1. The second-order valence-corrected chi connectivity index (χ2v) is 6.54. The minimum Gasteiger partial charge on any atom is -0.304 e. The van der Waals surface area contributed by atoms with Crippen LogP contribution < -0.4 is 4.90 Å². The number of pyridine rings is 1. The van der Waals surface area contributed by atoms with Crippen molar-refractivity contribution in [3.8, 4) is 0 Å². The first-order valence-corrected chi connectivity index (χ1v) is 8.04. The van der Waals surface area contributed by atoms with E-state index in [9.17, 15) is 4.79 Å². The van der Waals surface area contributed by atoms with E-state index in [0.29, 0.717) is 0 Å². The van der Waals surface area contributed by atoms with Crippen LogP contribution in [0.2, 0.25) is 20.2 Å². The number of anilines is 1. The van der Waals surface area contributed by atoms with Crippen LogP contribution in [0.25, 0.3) is 0 Å². The average Bonchev–Trinajstić information content (AvgIpc) is 2.84. The molecule has 1 aromatic heterocycles. The van der Waals surface area contributed by atoms with E-state index in [4.69, 9.17) is 46.4 Å². The lowest BCUT2D eigenvalue weighted by molar-refractivity contribution is 0.0977. The topological polar surface area (TPSA) is 33.2 Å². The Hall–Kier alpha value is -1.000. The molecule has 1 aliphatic heterocycles. The smallest absolute Gasteiger partial charge is 0.278 e. The fraction of sp³-hybridized carbons (Fsp3) is 0.200. The molecule has 114 valence electrons. The van der Waals surface area contributed by atoms with Crippen molar-refractivity contribution in [3.05, 3.63) is 55.7 Å². The molecule has 0 N–H and O–H groups in total. The highest BCUT2D eigenvalue weighted by molar-refractivity contribution is 6.52. The summed E-state index contributed by atoms with van der Waals surface area (Å²) in [4.78, 5) is 18.5. The number of halogens is 4. The molecule has 1 atom stereocenters. The van der Waals surface area contributed by atoms with Crippen molar-refractivity contribution >= 4 is 58.0 Å². The minimum absolute atomic E-state index is 0.00371. The molecule has 3 rings (SSSR count). The molecule has 1 aromatic carbocycles. The highest BCUT2D eigenvalue weighted by Crippen LogP contribution is 2.39. The average molecular weight is 376 g/mol. The Morgan fingerprint density at radius 3 is 2.55 bits per heavy atom. The predicted molar refractivity (Wildman–Crippen MR) is 90.7 cm³/mol. The van der Waals surface area contributed by atoms with E-state index in [0.717, 1.165) is 17.7 Å². The molecule has 7 heteroatoms. The summed E-state index contributed by atoms with van der Waals surface area (Å²) in [5, 5.41) is 0.0452. The van der Waals surface area contributed by atoms with E-state index in [2.05, 4.69) is 4.98 Å². The molecule has 0 fully saturated rings. The van der Waals surface area contributed by atoms with E-state index >= 15 is 0 Å². The summed E-state index contributed by atoms with van der Waals surface area (Å²) in [7, 11) is 0. The monoisotopic (exact) mass is 374 g/mol. The predicted octanol–water partition coefficient (Wildman–Crippen LogP) is 5.29. The first-order chi connectivity index (χ1) is 10.4. The summed E-state index contributed by atoms with van der Waals surface area (Å²) < 4.78 is 0. The number of carbonyl (C=O) groups excluding carboxylic acids is 1. The molecule has 0 saturated heterocycles. The molecule has 0 spiro atoms. The van der Waals surface area contributed by atoms with Crippen molar-refractivity contribution < 1.29 is 4.79 Å². The van der Waals surface area contributed by atoms with Crippen LogP contribution >= 0.6 is 46.4 Å². The van der Waals surface area contributed by atoms with Gasteiger partial charge in [0, 0.05) is 11.7 Å². The number of carbonyl (C=O) groups is 1. The number of rotatable bonds is 1. The number of aromatic nitrogens is 1. The van der Waals surface area contributed by atoms with Gasteiger partial charge in [0.15, 0.2) is 5.69 Å². The van der Waals surface area contributed by atoms with Crippen LogP contribution in [0.4, 0.5) is 5.69 Å². The van der Waals surface area contributed by atoms with Crippen LogP contribution in [0.3, 0.4) is 0 Å². The van der Waals surface area contributed by atoms with Crippen molar-refractivity contribution in [1.29, 1.82) is 0 Å². The van der Waals surface area contributed by atoms with Gasteiger partial charge >= 0.3 is 0 Å². The second-order valence-electron chi connectivity index (χ2n) is 5.05. The van der Waals surface area contributed by atoms with Crippen molar-refractivity contribution in [1.82, 2.24) is 4.98 Å². The number of hydrogen-bond donors (Lipinski definition) is 0. The van der Waals surface area contributed by atoms with Gasteiger partial charge < -0.3 is 4.90 Å². The summed E-state index contributed by atoms with van der Waals surface area (Å²) in [6, 6.07) is 7.71. The fourth-order valence-corrected chi connectivity index (χ4v) is 3.43. The Kier molecular flexibility index (Phi) is 4.25. The summed E-state index contributed by atoms with van der Waals surface area (Å²) in [6.45, 7) is 1.96. The van der Waals surface area contributed by atoms with E-state index in [-0.39, 0.29) is 37.9 Å². The van der Waals surface area contributed by atoms with Gasteiger partial charge in [0.1, 0.15) is 5.15 Å². The van der Waals surface area contributed by atoms with Gasteiger partial charge in [-0.3, -0.25) is 4.79 Å². The number of benzene rings is 1. The standard InChI is InChI=1S/C15H10Cl4N2O/c1-7-6-8-4-2-3-5-9(8)21(7)15(22)13-11(17)10(16)12(18)14(19)20-13/h2-5,7H,6H2,1H3. The molecule has 1 unspecified atom stereocenters. The fourth-order valence-electron chi connectivity index (χ4n) is 2.62. The van der Waals surface area contributed by atoms with Gasteiger partial charge in [0.05, 0.1) is 15.1 Å². The van der Waals surface area contributed by atoms with Gasteiger partial charge in [-0.2, -0.15) is 0 Å². The van der Waals surface area contributed by atoms with E-state index < -0.39 is 0 Å². The molecule has 1 aliphatic rings. The highest BCUT2D eigenvalue weighted by atomic mass is 35.5. The molecule has 2 aromatic rings. The Bertz CT molecular complexity index is 778.